The minimum absolute atomic E-state index is 0. The van der Waals surface area contributed by atoms with Crippen LogP contribution in [0.4, 0.5) is 4.79 Å². The number of halogens is 1. The van der Waals surface area contributed by atoms with Crippen molar-refractivity contribution in [1.29, 1.82) is 0 Å². The van der Waals surface area contributed by atoms with Gasteiger partial charge in [-0.2, -0.15) is 0 Å². The topological polar surface area (TPSA) is 65.2 Å². The zero-order valence-corrected chi connectivity index (χ0v) is 14.0. The summed E-state index contributed by atoms with van der Waals surface area (Å²) < 4.78 is 0. The van der Waals surface area contributed by atoms with E-state index in [1.165, 1.54) is 7.05 Å². The molecular formula is C13H11ClN3O2Re-. The number of nitrogens with zero attached hydrogens (tertiary/aromatic N) is 1. The summed E-state index contributed by atoms with van der Waals surface area (Å²) in [6.45, 7) is 0. The summed E-state index contributed by atoms with van der Waals surface area (Å²) in [6, 6.07) is 4.64. The van der Waals surface area contributed by atoms with Crippen molar-refractivity contribution in [3.8, 4) is 0 Å². The van der Waals surface area contributed by atoms with E-state index in [1.54, 1.807) is 6.07 Å². The normalized spacial score (nSPS) is 18.3. The Hall–Kier alpha value is -1.35. The number of aromatic amines is 1. The zero-order valence-electron chi connectivity index (χ0n) is 10.5. The number of hydrogen-bond acceptors (Lipinski definition) is 2. The van der Waals surface area contributed by atoms with E-state index in [1.807, 2.05) is 12.1 Å². The molecule has 3 amide bonds. The zero-order chi connectivity index (χ0) is 13.6. The minimum atomic E-state index is -0.535. The molecule has 0 bridgehead atoms. The number of likely N-dealkylation sites (N-methyl/N-ethyl adjacent to an activating group) is 1. The van der Waals surface area contributed by atoms with E-state index in [0.29, 0.717) is 11.4 Å². The Morgan fingerprint density at radius 2 is 2.15 bits per heavy atom. The molecule has 1 aromatic carbocycles. The van der Waals surface area contributed by atoms with E-state index in [9.17, 15) is 9.59 Å². The smallest absolute Gasteiger partial charge is 0.324 e. The van der Waals surface area contributed by atoms with Crippen LogP contribution >= 0.6 is 11.6 Å². The standard InChI is InChI=1S/C13H11ClN3O2.Re/c1-17-12(18)10(16-13(17)19)5-7-6-15-11-8(7)3-2-4-9(11)14;/h2-4,10,15H,5H2,1H3,(H,16,19);/q-1;/t10-;/m1./s1. The molecular weight excluding hydrogens is 452 g/mol. The summed E-state index contributed by atoms with van der Waals surface area (Å²) in [6.07, 6.45) is 3.40. The molecule has 1 radical (unpaired) electrons. The largest absolute Gasteiger partial charge is 0.476 e. The van der Waals surface area contributed by atoms with E-state index >= 15 is 0 Å². The number of H-pyrrole nitrogens is 1. The SMILES string of the molecule is CN1C(=O)N[C@H](Cc2[c-][nH]c3c(Cl)cccc23)C1=O.[Re]. The van der Waals surface area contributed by atoms with E-state index in [-0.39, 0.29) is 32.4 Å². The van der Waals surface area contributed by atoms with Crippen molar-refractivity contribution in [3.63, 3.8) is 0 Å². The van der Waals surface area contributed by atoms with Crippen molar-refractivity contribution in [2.75, 3.05) is 7.05 Å². The van der Waals surface area contributed by atoms with Crippen molar-refractivity contribution >= 4 is 34.4 Å². The third-order valence-corrected chi connectivity index (χ3v) is 3.63. The third kappa shape index (κ3) is 2.35. The van der Waals surface area contributed by atoms with Gasteiger partial charge in [0.25, 0.3) is 5.91 Å². The average Bonchev–Trinajstić information content (AvgIpc) is 2.90. The van der Waals surface area contributed by atoms with Crippen LogP contribution in [0.5, 0.6) is 0 Å². The van der Waals surface area contributed by atoms with Crippen LogP contribution < -0.4 is 5.32 Å². The predicted molar refractivity (Wildman–Crippen MR) is 70.9 cm³/mol. The maximum Gasteiger partial charge on any atom is 0.324 e. The van der Waals surface area contributed by atoms with Crippen molar-refractivity contribution < 1.29 is 30.0 Å². The number of para-hydroxylation sites is 1. The molecule has 1 aliphatic rings. The quantitative estimate of drug-likeness (QED) is 0.527. The Labute approximate surface area is 134 Å². The van der Waals surface area contributed by atoms with E-state index in [0.717, 1.165) is 21.4 Å². The second-order valence-electron chi connectivity index (χ2n) is 4.49. The van der Waals surface area contributed by atoms with E-state index < -0.39 is 6.04 Å². The number of carbonyl (C=O) groups is 2. The van der Waals surface area contributed by atoms with E-state index in [2.05, 4.69) is 16.5 Å². The molecule has 0 unspecified atom stereocenters. The van der Waals surface area contributed by atoms with Gasteiger partial charge >= 0.3 is 6.03 Å². The van der Waals surface area contributed by atoms with Gasteiger partial charge in [-0.1, -0.05) is 29.3 Å². The molecule has 105 valence electrons. The van der Waals surface area contributed by atoms with Crippen LogP contribution in [0.3, 0.4) is 0 Å². The van der Waals surface area contributed by atoms with Crippen LogP contribution in [0.15, 0.2) is 18.2 Å². The molecule has 1 saturated heterocycles. The molecule has 20 heavy (non-hydrogen) atoms. The second kappa shape index (κ2) is 5.57. The Morgan fingerprint density at radius 3 is 2.80 bits per heavy atom. The molecule has 2 heterocycles. The summed E-state index contributed by atoms with van der Waals surface area (Å²) >= 11 is 6.07. The van der Waals surface area contributed by atoms with Crippen LogP contribution in [0.1, 0.15) is 5.56 Å². The Morgan fingerprint density at radius 1 is 1.40 bits per heavy atom. The molecule has 1 aromatic heterocycles. The van der Waals surface area contributed by atoms with Crippen molar-refractivity contribution in [2.24, 2.45) is 0 Å². The first kappa shape index (κ1) is 15.0. The summed E-state index contributed by atoms with van der Waals surface area (Å²) in [7, 11) is 1.47. The second-order valence-corrected chi connectivity index (χ2v) is 4.90. The Bertz CT molecular complexity index is 685. The van der Waals surface area contributed by atoms with Crippen molar-refractivity contribution in [1.82, 2.24) is 15.2 Å². The number of fused-ring (bicyclic) bond motifs is 1. The maximum absolute atomic E-state index is 11.8. The number of aromatic nitrogens is 1. The number of rotatable bonds is 2. The van der Waals surface area contributed by atoms with Gasteiger partial charge in [-0.25, -0.2) is 4.79 Å². The minimum Gasteiger partial charge on any atom is -0.476 e. The van der Waals surface area contributed by atoms with E-state index in [4.69, 9.17) is 11.6 Å². The van der Waals surface area contributed by atoms with Gasteiger partial charge in [-0.05, 0) is 11.4 Å². The fourth-order valence-corrected chi connectivity index (χ4v) is 2.47. The van der Waals surface area contributed by atoms with Gasteiger partial charge in [0, 0.05) is 27.5 Å². The number of nitrogens with one attached hydrogen (secondary N) is 2. The average molecular weight is 463 g/mol. The molecule has 1 aliphatic heterocycles. The predicted octanol–water partition coefficient (Wildman–Crippen LogP) is 1.71. The summed E-state index contributed by atoms with van der Waals surface area (Å²) in [4.78, 5) is 27.3. The molecule has 0 spiro atoms. The summed E-state index contributed by atoms with van der Waals surface area (Å²) in [5.41, 5.74) is 1.63. The molecule has 0 saturated carbocycles. The molecule has 3 rings (SSSR count). The Balaban J connectivity index is 0.00000147. The van der Waals surface area contributed by atoms with Crippen LogP contribution in [0.25, 0.3) is 10.9 Å². The third-order valence-electron chi connectivity index (χ3n) is 3.32. The molecule has 2 aromatic rings. The number of hydrogen-bond donors (Lipinski definition) is 2. The van der Waals surface area contributed by atoms with Crippen LogP contribution in [0, 0.1) is 6.20 Å². The molecule has 1 atom stereocenters. The number of imide groups is 1. The van der Waals surface area contributed by atoms with Gasteiger partial charge in [-0.15, -0.1) is 23.2 Å². The fraction of sp³-hybridized carbons (Fsp3) is 0.231. The fourth-order valence-electron chi connectivity index (χ4n) is 2.25. The van der Waals surface area contributed by atoms with Gasteiger partial charge in [0.05, 0.1) is 0 Å². The summed E-state index contributed by atoms with van der Waals surface area (Å²) in [5, 5.41) is 4.17. The molecule has 0 aliphatic carbocycles. The monoisotopic (exact) mass is 463 g/mol. The van der Waals surface area contributed by atoms with Crippen LogP contribution in [-0.4, -0.2) is 34.9 Å². The van der Waals surface area contributed by atoms with Gasteiger partial charge in [0.2, 0.25) is 0 Å². The maximum atomic E-state index is 11.8. The van der Waals surface area contributed by atoms with Gasteiger partial charge < -0.3 is 10.3 Å². The Kier molecular flexibility index (Phi) is 4.19. The first-order valence-corrected chi connectivity index (χ1v) is 6.20. The van der Waals surface area contributed by atoms with Crippen LogP contribution in [-0.2, 0) is 31.6 Å². The van der Waals surface area contributed by atoms with Gasteiger partial charge in [-0.3, -0.25) is 9.69 Å². The van der Waals surface area contributed by atoms with Gasteiger partial charge in [0.1, 0.15) is 6.04 Å². The van der Waals surface area contributed by atoms with Gasteiger partial charge in [0.15, 0.2) is 0 Å². The van der Waals surface area contributed by atoms with Crippen LogP contribution in [0.2, 0.25) is 5.02 Å². The summed E-state index contributed by atoms with van der Waals surface area (Å²) in [5.74, 6) is -0.227. The number of amides is 3. The first-order chi connectivity index (χ1) is 9.08. The molecule has 5 nitrogen and oxygen atoms in total. The van der Waals surface area contributed by atoms with Crippen molar-refractivity contribution in [2.45, 2.75) is 12.5 Å². The number of benzene rings is 1. The first-order valence-electron chi connectivity index (χ1n) is 5.82. The number of carbonyl (C=O) groups excluding carboxylic acids is 2. The van der Waals surface area contributed by atoms with Crippen molar-refractivity contribution in [3.05, 3.63) is 35.0 Å². The molecule has 1 fully saturated rings. The molecule has 7 heteroatoms. The molecule has 2 N–H and O–H groups in total. The number of urea groups is 1.